The zero-order valence-electron chi connectivity index (χ0n) is 23.6. The molecule has 0 bridgehead atoms. The molecule has 0 aliphatic carbocycles. The first kappa shape index (κ1) is 28.4. The maximum atomic E-state index is 6.22. The second-order valence-corrected chi connectivity index (χ2v) is 12.0. The van der Waals surface area contributed by atoms with E-state index < -0.39 is 0 Å². The lowest BCUT2D eigenvalue weighted by molar-refractivity contribution is 0.103. The fraction of sp³-hybridized carbons (Fsp3) is 0.394. The van der Waals surface area contributed by atoms with Gasteiger partial charge in [0.05, 0.1) is 18.1 Å². The number of rotatable bonds is 9. The first-order valence-electron chi connectivity index (χ1n) is 14.8. The van der Waals surface area contributed by atoms with Crippen molar-refractivity contribution >= 4 is 39.9 Å². The molecule has 1 unspecified atom stereocenters. The maximum Gasteiger partial charge on any atom is 0.145 e. The molecule has 3 heterocycles. The van der Waals surface area contributed by atoms with Crippen LogP contribution < -0.4 is 5.32 Å². The number of anilines is 1. The summed E-state index contributed by atoms with van der Waals surface area (Å²) in [5, 5.41) is 6.30. The minimum Gasteiger partial charge on any atom is -0.368 e. The van der Waals surface area contributed by atoms with E-state index in [4.69, 9.17) is 33.2 Å². The van der Waals surface area contributed by atoms with E-state index in [0.29, 0.717) is 6.04 Å². The number of hydrogen-bond acceptors (Lipinski definition) is 6. The minimum absolute atomic E-state index is 0.151. The standard InChI is InChI=1S/C33H38Cl2N6/c1-2-40-17-5-6-28(40)22-36-33-29-7-3-4-8-30(29)37-31(38-33)23-39-18-20-41(21-19-39)32(24-9-13-26(34)14-10-24)25-11-15-27(35)16-12-25/h3-4,7-16,28,32H,2,5-6,17-23H2,1H3,(H,36,37,38). The smallest absolute Gasteiger partial charge is 0.145 e. The number of fused-ring (bicyclic) bond motifs is 1. The highest BCUT2D eigenvalue weighted by molar-refractivity contribution is 6.30. The highest BCUT2D eigenvalue weighted by atomic mass is 35.5. The molecule has 2 aliphatic heterocycles. The van der Waals surface area contributed by atoms with Crippen LogP contribution in [0, 0.1) is 0 Å². The topological polar surface area (TPSA) is 47.5 Å². The lowest BCUT2D eigenvalue weighted by Gasteiger charge is -2.39. The lowest BCUT2D eigenvalue weighted by atomic mass is 9.96. The molecule has 0 spiro atoms. The average molecular weight is 590 g/mol. The van der Waals surface area contributed by atoms with Gasteiger partial charge in [-0.1, -0.05) is 66.5 Å². The van der Waals surface area contributed by atoms with Crippen molar-refractivity contribution in [1.29, 1.82) is 0 Å². The molecule has 1 atom stereocenters. The Morgan fingerprint density at radius 2 is 1.49 bits per heavy atom. The SMILES string of the molecule is CCN1CCCC1CNc1nc(CN2CCN(C(c3ccc(Cl)cc3)c3ccc(Cl)cc3)CC2)nc2ccccc12. The number of likely N-dealkylation sites (tertiary alicyclic amines) is 1. The highest BCUT2D eigenvalue weighted by Crippen LogP contribution is 2.31. The van der Waals surface area contributed by atoms with Crippen LogP contribution in [-0.4, -0.2) is 76.5 Å². The molecule has 6 rings (SSSR count). The van der Waals surface area contributed by atoms with Crippen molar-refractivity contribution < 1.29 is 0 Å². The van der Waals surface area contributed by atoms with Gasteiger partial charge in [-0.3, -0.25) is 14.7 Å². The normalized spacial score (nSPS) is 18.9. The van der Waals surface area contributed by atoms with Gasteiger partial charge >= 0.3 is 0 Å². The molecule has 6 nitrogen and oxygen atoms in total. The number of likely N-dealkylation sites (N-methyl/N-ethyl adjacent to an activating group) is 1. The van der Waals surface area contributed by atoms with Crippen molar-refractivity contribution in [2.75, 3.05) is 51.1 Å². The Hall–Kier alpha value is -2.74. The fourth-order valence-electron chi connectivity index (χ4n) is 6.37. The van der Waals surface area contributed by atoms with Gasteiger partial charge in [-0.25, -0.2) is 9.97 Å². The number of halogens is 2. The molecular formula is C33H38Cl2N6. The number of aromatic nitrogens is 2. The Labute approximate surface area is 253 Å². The van der Waals surface area contributed by atoms with Crippen LogP contribution >= 0.6 is 23.2 Å². The number of nitrogens with one attached hydrogen (secondary N) is 1. The van der Waals surface area contributed by atoms with Gasteiger partial charge in [-0.15, -0.1) is 0 Å². The van der Waals surface area contributed by atoms with Crippen molar-refractivity contribution in [3.05, 3.63) is 99.8 Å². The Kier molecular flexibility index (Phi) is 9.04. The van der Waals surface area contributed by atoms with Crippen LogP contribution in [0.15, 0.2) is 72.8 Å². The summed E-state index contributed by atoms with van der Waals surface area (Å²) in [4.78, 5) is 17.6. The van der Waals surface area contributed by atoms with Crippen LogP contribution in [0.1, 0.15) is 42.8 Å². The lowest BCUT2D eigenvalue weighted by Crippen LogP contribution is -2.47. The zero-order chi connectivity index (χ0) is 28.2. The first-order valence-corrected chi connectivity index (χ1v) is 15.5. The molecule has 2 aliphatic rings. The van der Waals surface area contributed by atoms with Crippen LogP contribution in [0.5, 0.6) is 0 Å². The monoisotopic (exact) mass is 588 g/mol. The average Bonchev–Trinajstić information content (AvgIpc) is 3.46. The summed E-state index contributed by atoms with van der Waals surface area (Å²) in [6.07, 6.45) is 2.52. The van der Waals surface area contributed by atoms with E-state index in [9.17, 15) is 0 Å². The van der Waals surface area contributed by atoms with Crippen LogP contribution in [0.4, 0.5) is 5.82 Å². The van der Waals surface area contributed by atoms with E-state index in [1.807, 2.05) is 24.3 Å². The molecule has 1 N–H and O–H groups in total. The van der Waals surface area contributed by atoms with Gasteiger partial charge in [0.1, 0.15) is 11.6 Å². The van der Waals surface area contributed by atoms with Gasteiger partial charge in [0.25, 0.3) is 0 Å². The number of hydrogen-bond donors (Lipinski definition) is 1. The van der Waals surface area contributed by atoms with Crippen LogP contribution in [0.3, 0.4) is 0 Å². The van der Waals surface area contributed by atoms with E-state index in [2.05, 4.69) is 75.5 Å². The molecule has 214 valence electrons. The minimum atomic E-state index is 0.151. The summed E-state index contributed by atoms with van der Waals surface area (Å²) in [6.45, 7) is 10.0. The molecule has 0 amide bonds. The molecule has 1 aromatic heterocycles. The van der Waals surface area contributed by atoms with Crippen LogP contribution in [0.25, 0.3) is 10.9 Å². The third kappa shape index (κ3) is 6.68. The summed E-state index contributed by atoms with van der Waals surface area (Å²) in [5.74, 6) is 1.84. The molecule has 3 aromatic carbocycles. The van der Waals surface area contributed by atoms with Gasteiger partial charge in [-0.05, 0) is 73.5 Å². The summed E-state index contributed by atoms with van der Waals surface area (Å²) >= 11 is 12.4. The molecule has 4 aromatic rings. The van der Waals surface area contributed by atoms with Crippen LogP contribution in [-0.2, 0) is 6.54 Å². The number of benzene rings is 3. The number of para-hydroxylation sites is 1. The van der Waals surface area contributed by atoms with Crippen LogP contribution in [0.2, 0.25) is 10.0 Å². The Morgan fingerprint density at radius 1 is 0.829 bits per heavy atom. The quantitative estimate of drug-likeness (QED) is 0.233. The van der Waals surface area contributed by atoms with E-state index in [-0.39, 0.29) is 6.04 Å². The van der Waals surface area contributed by atoms with Crippen molar-refractivity contribution in [2.45, 2.75) is 38.4 Å². The molecule has 8 heteroatoms. The van der Waals surface area contributed by atoms with Gasteiger partial charge < -0.3 is 5.32 Å². The van der Waals surface area contributed by atoms with Gasteiger partial charge in [-0.2, -0.15) is 0 Å². The maximum absolute atomic E-state index is 6.22. The van der Waals surface area contributed by atoms with Gasteiger partial charge in [0.15, 0.2) is 0 Å². The third-order valence-corrected chi connectivity index (χ3v) is 9.07. The molecule has 41 heavy (non-hydrogen) atoms. The third-order valence-electron chi connectivity index (χ3n) is 8.57. The fourth-order valence-corrected chi connectivity index (χ4v) is 6.62. The van der Waals surface area contributed by atoms with E-state index in [0.717, 1.165) is 78.4 Å². The van der Waals surface area contributed by atoms with Crippen molar-refractivity contribution in [3.63, 3.8) is 0 Å². The molecule has 2 saturated heterocycles. The van der Waals surface area contributed by atoms with Gasteiger partial charge in [0, 0.05) is 54.2 Å². The van der Waals surface area contributed by atoms with Crippen molar-refractivity contribution in [1.82, 2.24) is 24.7 Å². The Bertz CT molecular complexity index is 1390. The van der Waals surface area contributed by atoms with Gasteiger partial charge in [0.2, 0.25) is 0 Å². The largest absolute Gasteiger partial charge is 0.368 e. The summed E-state index contributed by atoms with van der Waals surface area (Å²) in [7, 11) is 0. The zero-order valence-corrected chi connectivity index (χ0v) is 25.2. The first-order chi connectivity index (χ1) is 20.1. The molecular weight excluding hydrogens is 551 g/mol. The summed E-state index contributed by atoms with van der Waals surface area (Å²) < 4.78 is 0. The molecule has 2 fully saturated rings. The summed E-state index contributed by atoms with van der Waals surface area (Å²) in [6, 6.07) is 25.5. The van der Waals surface area contributed by atoms with E-state index in [1.165, 1.54) is 30.5 Å². The second kappa shape index (κ2) is 13.1. The van der Waals surface area contributed by atoms with Crippen molar-refractivity contribution in [2.24, 2.45) is 0 Å². The highest BCUT2D eigenvalue weighted by Gasteiger charge is 2.27. The predicted molar refractivity (Wildman–Crippen MR) is 170 cm³/mol. The molecule has 0 radical (unpaired) electrons. The Balaban J connectivity index is 1.16. The Morgan fingerprint density at radius 3 is 2.15 bits per heavy atom. The number of nitrogens with zero attached hydrogens (tertiary/aromatic N) is 5. The number of piperazine rings is 1. The second-order valence-electron chi connectivity index (χ2n) is 11.1. The summed E-state index contributed by atoms with van der Waals surface area (Å²) in [5.41, 5.74) is 3.48. The van der Waals surface area contributed by atoms with Crippen molar-refractivity contribution in [3.8, 4) is 0 Å². The molecule has 0 saturated carbocycles. The van der Waals surface area contributed by atoms with E-state index in [1.54, 1.807) is 0 Å². The van der Waals surface area contributed by atoms with E-state index >= 15 is 0 Å². The predicted octanol–water partition coefficient (Wildman–Crippen LogP) is 6.74.